The molecule has 0 spiro atoms. The minimum Gasteiger partial charge on any atom is -0.390 e. The first-order valence-electron chi connectivity index (χ1n) is 5.40. The maximum Gasteiger partial charge on any atom is 0.0648 e. The Balaban J connectivity index is 3.76. The highest BCUT2D eigenvalue weighted by molar-refractivity contribution is 4.77. The van der Waals surface area contributed by atoms with Gasteiger partial charge in [-0.1, -0.05) is 26.7 Å². The summed E-state index contributed by atoms with van der Waals surface area (Å²) in [4.78, 5) is 0. The van der Waals surface area contributed by atoms with Crippen molar-refractivity contribution in [1.82, 2.24) is 0 Å². The van der Waals surface area contributed by atoms with E-state index in [1.807, 2.05) is 0 Å². The van der Waals surface area contributed by atoms with E-state index in [2.05, 4.69) is 13.8 Å². The molecule has 0 radical (unpaired) electrons. The quantitative estimate of drug-likeness (QED) is 0.593. The van der Waals surface area contributed by atoms with E-state index in [1.165, 1.54) is 0 Å². The zero-order valence-corrected chi connectivity index (χ0v) is 9.31. The van der Waals surface area contributed by atoms with Crippen molar-refractivity contribution in [2.45, 2.75) is 58.0 Å². The fraction of sp³-hybridized carbons (Fsp3) is 1.00. The van der Waals surface area contributed by atoms with E-state index >= 15 is 0 Å². The van der Waals surface area contributed by atoms with Gasteiger partial charge >= 0.3 is 0 Å². The van der Waals surface area contributed by atoms with E-state index in [0.29, 0.717) is 0 Å². The van der Waals surface area contributed by atoms with Crippen LogP contribution in [0.25, 0.3) is 0 Å². The Labute approximate surface area is 82.3 Å². The second-order valence-corrected chi connectivity index (χ2v) is 3.82. The van der Waals surface area contributed by atoms with E-state index in [-0.39, 0.29) is 0 Å². The Morgan fingerprint density at radius 1 is 1.08 bits per heavy atom. The van der Waals surface area contributed by atoms with Gasteiger partial charge in [0, 0.05) is 13.7 Å². The molecule has 0 aliphatic carbocycles. The summed E-state index contributed by atoms with van der Waals surface area (Å²) in [5.74, 6) is 0. The Hall–Kier alpha value is -0.0800. The molecule has 0 saturated carbocycles. The van der Waals surface area contributed by atoms with Crippen molar-refractivity contribution in [3.8, 4) is 0 Å². The predicted molar refractivity (Wildman–Crippen MR) is 55.9 cm³/mol. The minimum absolute atomic E-state index is 0.429. The molecule has 0 aromatic carbocycles. The molecular weight excluding hydrogens is 164 g/mol. The van der Waals surface area contributed by atoms with Crippen molar-refractivity contribution in [2.24, 2.45) is 0 Å². The molecule has 2 heteroatoms. The molecule has 0 fully saturated rings. The van der Waals surface area contributed by atoms with Gasteiger partial charge in [0.25, 0.3) is 0 Å². The lowest BCUT2D eigenvalue weighted by molar-refractivity contribution is 0.00536. The Morgan fingerprint density at radius 2 is 1.62 bits per heavy atom. The predicted octanol–water partition coefficient (Wildman–Crippen LogP) is 2.74. The van der Waals surface area contributed by atoms with E-state index in [1.54, 1.807) is 7.11 Å². The topological polar surface area (TPSA) is 29.5 Å². The van der Waals surface area contributed by atoms with E-state index in [0.717, 1.165) is 45.1 Å². The maximum absolute atomic E-state index is 10.2. The van der Waals surface area contributed by atoms with Crippen LogP contribution in [-0.4, -0.2) is 24.4 Å². The molecule has 0 bridgehead atoms. The van der Waals surface area contributed by atoms with Crippen LogP contribution in [0.1, 0.15) is 52.4 Å². The maximum atomic E-state index is 10.2. The van der Waals surface area contributed by atoms with Gasteiger partial charge in [-0.15, -0.1) is 0 Å². The van der Waals surface area contributed by atoms with Crippen LogP contribution in [0.2, 0.25) is 0 Å². The highest BCUT2D eigenvalue weighted by atomic mass is 16.5. The van der Waals surface area contributed by atoms with Gasteiger partial charge in [0.05, 0.1) is 5.60 Å². The van der Waals surface area contributed by atoms with Crippen LogP contribution in [0.3, 0.4) is 0 Å². The summed E-state index contributed by atoms with van der Waals surface area (Å²) >= 11 is 0. The highest BCUT2D eigenvalue weighted by Crippen LogP contribution is 2.24. The molecule has 0 heterocycles. The number of hydrogen-bond donors (Lipinski definition) is 1. The van der Waals surface area contributed by atoms with Gasteiger partial charge in [-0.3, -0.25) is 0 Å². The number of aliphatic hydroxyl groups is 1. The second-order valence-electron chi connectivity index (χ2n) is 3.82. The van der Waals surface area contributed by atoms with E-state index < -0.39 is 5.60 Å². The lowest BCUT2D eigenvalue weighted by atomic mass is 9.88. The summed E-state index contributed by atoms with van der Waals surface area (Å²) < 4.78 is 4.98. The molecule has 0 unspecified atom stereocenters. The first kappa shape index (κ1) is 12.9. The van der Waals surface area contributed by atoms with Crippen molar-refractivity contribution in [2.75, 3.05) is 13.7 Å². The molecule has 13 heavy (non-hydrogen) atoms. The molecular formula is C11H24O2. The van der Waals surface area contributed by atoms with Crippen LogP contribution in [0.4, 0.5) is 0 Å². The number of ether oxygens (including phenoxy) is 1. The van der Waals surface area contributed by atoms with Gasteiger partial charge in [-0.05, 0) is 25.7 Å². The zero-order valence-electron chi connectivity index (χ0n) is 9.31. The van der Waals surface area contributed by atoms with Gasteiger partial charge < -0.3 is 9.84 Å². The largest absolute Gasteiger partial charge is 0.390 e. The first-order chi connectivity index (χ1) is 6.18. The van der Waals surface area contributed by atoms with Gasteiger partial charge in [0.15, 0.2) is 0 Å². The number of hydrogen-bond acceptors (Lipinski definition) is 2. The SMILES string of the molecule is CCCC(O)(CCC)CCCOC. The molecule has 0 rings (SSSR count). The first-order valence-corrected chi connectivity index (χ1v) is 5.40. The second kappa shape index (κ2) is 7.34. The van der Waals surface area contributed by atoms with Crippen molar-refractivity contribution < 1.29 is 9.84 Å². The number of methoxy groups -OCH3 is 1. The normalized spacial score (nSPS) is 12.0. The fourth-order valence-electron chi connectivity index (χ4n) is 1.85. The third kappa shape index (κ3) is 6.05. The molecule has 2 nitrogen and oxygen atoms in total. The van der Waals surface area contributed by atoms with Gasteiger partial charge in [0.1, 0.15) is 0 Å². The average Bonchev–Trinajstić information content (AvgIpc) is 2.05. The monoisotopic (exact) mass is 188 g/mol. The van der Waals surface area contributed by atoms with E-state index in [4.69, 9.17) is 4.74 Å². The molecule has 0 aliphatic rings. The average molecular weight is 188 g/mol. The van der Waals surface area contributed by atoms with Gasteiger partial charge in [0.2, 0.25) is 0 Å². The Morgan fingerprint density at radius 3 is 2.00 bits per heavy atom. The summed E-state index contributed by atoms with van der Waals surface area (Å²) in [6, 6.07) is 0. The smallest absolute Gasteiger partial charge is 0.0648 e. The summed E-state index contributed by atoms with van der Waals surface area (Å²) in [5.41, 5.74) is -0.429. The highest BCUT2D eigenvalue weighted by Gasteiger charge is 2.23. The van der Waals surface area contributed by atoms with E-state index in [9.17, 15) is 5.11 Å². The lowest BCUT2D eigenvalue weighted by Gasteiger charge is -2.27. The van der Waals surface area contributed by atoms with Crippen LogP contribution in [0.15, 0.2) is 0 Å². The van der Waals surface area contributed by atoms with Crippen molar-refractivity contribution in [3.63, 3.8) is 0 Å². The molecule has 1 N–H and O–H groups in total. The summed E-state index contributed by atoms with van der Waals surface area (Å²) in [5, 5.41) is 10.2. The third-order valence-corrected chi connectivity index (χ3v) is 2.42. The minimum atomic E-state index is -0.429. The van der Waals surface area contributed by atoms with Crippen LogP contribution in [0.5, 0.6) is 0 Å². The van der Waals surface area contributed by atoms with Gasteiger partial charge in [-0.25, -0.2) is 0 Å². The summed E-state index contributed by atoms with van der Waals surface area (Å²) in [7, 11) is 1.71. The number of rotatable bonds is 8. The van der Waals surface area contributed by atoms with Crippen LogP contribution in [-0.2, 0) is 4.74 Å². The molecule has 0 aromatic rings. The van der Waals surface area contributed by atoms with Crippen LogP contribution >= 0.6 is 0 Å². The summed E-state index contributed by atoms with van der Waals surface area (Å²) in [6.45, 7) is 5.00. The Kier molecular flexibility index (Phi) is 7.29. The van der Waals surface area contributed by atoms with Crippen molar-refractivity contribution in [1.29, 1.82) is 0 Å². The molecule has 80 valence electrons. The van der Waals surface area contributed by atoms with Gasteiger partial charge in [-0.2, -0.15) is 0 Å². The molecule has 0 aliphatic heterocycles. The zero-order chi connectivity index (χ0) is 10.2. The lowest BCUT2D eigenvalue weighted by Crippen LogP contribution is -2.28. The molecule has 0 saturated heterocycles. The Bertz CT molecular complexity index is 107. The fourth-order valence-corrected chi connectivity index (χ4v) is 1.85. The van der Waals surface area contributed by atoms with Crippen LogP contribution < -0.4 is 0 Å². The molecule has 0 atom stereocenters. The molecule has 0 aromatic heterocycles. The van der Waals surface area contributed by atoms with Crippen LogP contribution in [0, 0.1) is 0 Å². The van der Waals surface area contributed by atoms with Crippen molar-refractivity contribution >= 4 is 0 Å². The third-order valence-electron chi connectivity index (χ3n) is 2.42. The molecule has 0 amide bonds. The summed E-state index contributed by atoms with van der Waals surface area (Å²) in [6.07, 6.45) is 5.80. The van der Waals surface area contributed by atoms with Crippen molar-refractivity contribution in [3.05, 3.63) is 0 Å². The standard InChI is InChI=1S/C11H24O2/c1-4-7-11(12,8-5-2)9-6-10-13-3/h12H,4-10H2,1-3H3.